The number of nitrogens with two attached hydrogens (primary N) is 2. The number of Topliss-reactive ketones (excluding diaryl/α,β-unsaturated/α-hetero) is 2. The van der Waals surface area contributed by atoms with Crippen molar-refractivity contribution in [3.8, 4) is 5.75 Å². The molecule has 6 amide bonds. The number of unbranched alkanes of at least 4 members (excludes halogenated alkanes) is 2. The summed E-state index contributed by atoms with van der Waals surface area (Å²) in [6, 6.07) is 23.3. The van der Waals surface area contributed by atoms with Crippen LogP contribution in [0.25, 0.3) is 21.7 Å². The molecular weight excluding hydrogens is 1070 g/mol. The number of fused-ring (bicyclic) bond motifs is 4. The monoisotopic (exact) mass is 1140 g/mol. The van der Waals surface area contributed by atoms with Crippen LogP contribution in [0.1, 0.15) is 108 Å². The largest absolute Gasteiger partial charge is 0.415 e. The van der Waals surface area contributed by atoms with E-state index in [4.69, 9.17) is 16.2 Å². The molecule has 0 bridgehead atoms. The first-order chi connectivity index (χ1) is 38.2. The lowest BCUT2D eigenvalue weighted by molar-refractivity contribution is -0.137. The van der Waals surface area contributed by atoms with Crippen LogP contribution in [0, 0.1) is 5.92 Å². The van der Waals surface area contributed by atoms with Crippen LogP contribution in [0.3, 0.4) is 0 Å². The SMILES string of the molecule is CN1CCN(C(=O)Oc2cc3c(c4ccccc24)[C@H](CBr)CN3C(=O)c2cc3cc(CC(=O)c4ccc(CC(=O)[C@H](CCCCN)NC(=O)[C@H](CCCCN)CCCNC(=O)CCCN5C(=O)C=CC5=O)cc4)ccc3[nH]2)CC1. The summed E-state index contributed by atoms with van der Waals surface area (Å²) < 4.78 is 6.10. The molecule has 7 N–H and O–H groups in total. The predicted molar refractivity (Wildman–Crippen MR) is 307 cm³/mol. The first-order valence-electron chi connectivity index (χ1n) is 27.6. The molecule has 0 saturated carbocycles. The fraction of sp³-hybridized carbons (Fsp3) is 0.433. The van der Waals surface area contributed by atoms with Crippen molar-refractivity contribution in [1.29, 1.82) is 0 Å². The number of amides is 6. The standard InChI is InChI=1S/C60H72BrN9O9/c1-67-28-30-68(31-29-67)60(78)79-53-36-50-57(46-13-3-2-12-45(46)53)44(37-61)38-70(50)59(77)49-35-43-32-40(18-21-47(43)65-49)34-51(71)41-19-16-39(17-20-41)33-52(72)48(14-5-7-25-63)66-58(76)42(10-4-6-24-62)11-8-26-64-54(73)15-9-27-69-55(74)22-23-56(69)75/h2-3,12-13,16-23,32,35-36,42,44,48,65H,4-11,14-15,24-31,33-34,37-38,62-63H2,1H3,(H,64,73)(H,66,76)/t42-,44-,48+/m1/s1. The van der Waals surface area contributed by atoms with Gasteiger partial charge in [-0.05, 0) is 112 Å². The van der Waals surface area contributed by atoms with E-state index in [9.17, 15) is 38.4 Å². The van der Waals surface area contributed by atoms with Crippen LogP contribution in [0.2, 0.25) is 0 Å². The van der Waals surface area contributed by atoms with E-state index >= 15 is 0 Å². The summed E-state index contributed by atoms with van der Waals surface area (Å²) >= 11 is 3.70. The fourth-order valence-corrected chi connectivity index (χ4v) is 11.2. The Hall–Kier alpha value is -7.06. The van der Waals surface area contributed by atoms with Crippen molar-refractivity contribution in [3.63, 3.8) is 0 Å². The minimum absolute atomic E-state index is 0.00612. The van der Waals surface area contributed by atoms with Gasteiger partial charge in [-0.2, -0.15) is 0 Å². The van der Waals surface area contributed by atoms with Crippen LogP contribution < -0.4 is 31.7 Å². The number of aromatic amines is 1. The number of nitrogens with one attached hydrogen (secondary N) is 3. The van der Waals surface area contributed by atoms with Crippen LogP contribution in [-0.4, -0.2) is 144 Å². The third kappa shape index (κ3) is 14.8. The summed E-state index contributed by atoms with van der Waals surface area (Å²) in [6.45, 7) is 4.53. The summed E-state index contributed by atoms with van der Waals surface area (Å²) in [7, 11) is 2.03. The molecule has 5 aromatic rings. The fourth-order valence-electron chi connectivity index (χ4n) is 10.7. The molecule has 8 rings (SSSR count). The van der Waals surface area contributed by atoms with Gasteiger partial charge in [-0.25, -0.2) is 4.79 Å². The van der Waals surface area contributed by atoms with Crippen LogP contribution in [0.5, 0.6) is 5.75 Å². The van der Waals surface area contributed by atoms with Crippen LogP contribution >= 0.6 is 15.9 Å². The van der Waals surface area contributed by atoms with Crippen molar-refractivity contribution in [1.82, 2.24) is 30.3 Å². The number of imide groups is 1. The predicted octanol–water partition coefficient (Wildman–Crippen LogP) is 6.70. The summed E-state index contributed by atoms with van der Waals surface area (Å²) in [5.74, 6) is -1.70. The quantitative estimate of drug-likeness (QED) is 0.0159. The minimum atomic E-state index is -0.741. The Morgan fingerprint density at radius 1 is 0.772 bits per heavy atom. The molecular formula is C60H72BrN9O9. The number of alkyl halides is 1. The molecule has 0 spiro atoms. The molecule has 1 aromatic heterocycles. The molecule has 0 radical (unpaired) electrons. The molecule has 19 heteroatoms. The average Bonchev–Trinajstić information content (AvgIpc) is 4.38. The Kier molecular flexibility index (Phi) is 20.4. The lowest BCUT2D eigenvalue weighted by atomic mass is 9.93. The van der Waals surface area contributed by atoms with Gasteiger partial charge in [0, 0.05) is 122 Å². The maximum atomic E-state index is 14.5. The average molecular weight is 1140 g/mol. The number of rotatable bonds is 27. The molecule has 3 aliphatic rings. The van der Waals surface area contributed by atoms with Crippen LogP contribution in [0.15, 0.2) is 91.0 Å². The molecule has 18 nitrogen and oxygen atoms in total. The highest BCUT2D eigenvalue weighted by molar-refractivity contribution is 9.09. The van der Waals surface area contributed by atoms with Crippen molar-refractivity contribution in [2.75, 3.05) is 76.2 Å². The van der Waals surface area contributed by atoms with Gasteiger partial charge in [0.2, 0.25) is 11.8 Å². The normalized spacial score (nSPS) is 16.2. The van der Waals surface area contributed by atoms with Gasteiger partial charge in [0.05, 0.1) is 11.7 Å². The first-order valence-corrected chi connectivity index (χ1v) is 28.7. The highest BCUT2D eigenvalue weighted by Gasteiger charge is 2.36. The van der Waals surface area contributed by atoms with Gasteiger partial charge in [-0.1, -0.05) is 76.9 Å². The van der Waals surface area contributed by atoms with Gasteiger partial charge in [0.15, 0.2) is 11.6 Å². The third-order valence-corrected chi connectivity index (χ3v) is 16.0. The van der Waals surface area contributed by atoms with E-state index in [2.05, 4.69) is 36.4 Å². The number of piperazine rings is 1. The third-order valence-electron chi connectivity index (χ3n) is 15.2. The number of carbonyl (C=O) groups is 8. The molecule has 0 unspecified atom stereocenters. The van der Waals surface area contributed by atoms with Crippen molar-refractivity contribution >= 4 is 90.5 Å². The number of H-pyrrole nitrogens is 1. The zero-order chi connectivity index (χ0) is 56.0. The van der Waals surface area contributed by atoms with Crippen molar-refractivity contribution in [2.45, 2.75) is 89.0 Å². The van der Waals surface area contributed by atoms with Gasteiger partial charge in [0.25, 0.3) is 17.7 Å². The number of nitrogens with zero attached hydrogens (tertiary/aromatic N) is 4. The van der Waals surface area contributed by atoms with Crippen LogP contribution in [-0.2, 0) is 36.8 Å². The van der Waals surface area contributed by atoms with E-state index in [1.165, 1.54) is 12.2 Å². The van der Waals surface area contributed by atoms with E-state index in [-0.39, 0.29) is 72.8 Å². The van der Waals surface area contributed by atoms with Crippen molar-refractivity contribution < 1.29 is 43.1 Å². The number of hydrogen-bond donors (Lipinski definition) is 5. The van der Waals surface area contributed by atoms with Crippen molar-refractivity contribution in [3.05, 3.63) is 119 Å². The van der Waals surface area contributed by atoms with Gasteiger partial charge in [-0.3, -0.25) is 38.5 Å². The van der Waals surface area contributed by atoms with E-state index in [1.807, 2.05) is 55.6 Å². The number of ketones is 2. The highest BCUT2D eigenvalue weighted by Crippen LogP contribution is 2.46. The van der Waals surface area contributed by atoms with Crippen LogP contribution in [0.4, 0.5) is 10.5 Å². The number of likely N-dealkylation sites (N-methyl/N-ethyl adjacent to an activating group) is 1. The molecule has 0 aliphatic carbocycles. The molecule has 418 valence electrons. The number of aromatic nitrogens is 1. The Labute approximate surface area is 469 Å². The Balaban J connectivity index is 0.867. The van der Waals surface area contributed by atoms with Crippen molar-refractivity contribution in [2.24, 2.45) is 17.4 Å². The molecule has 4 aromatic carbocycles. The lowest BCUT2D eigenvalue weighted by Crippen LogP contribution is -2.48. The number of benzene rings is 4. The topological polar surface area (TPSA) is 251 Å². The zero-order valence-electron chi connectivity index (χ0n) is 44.9. The molecule has 3 atom stereocenters. The van der Waals surface area contributed by atoms with E-state index in [0.717, 1.165) is 63.6 Å². The highest BCUT2D eigenvalue weighted by atomic mass is 79.9. The van der Waals surface area contributed by atoms with Gasteiger partial charge < -0.3 is 46.5 Å². The lowest BCUT2D eigenvalue weighted by Gasteiger charge is -2.31. The Bertz CT molecular complexity index is 3060. The summed E-state index contributed by atoms with van der Waals surface area (Å²) in [6.07, 6.45) is 7.50. The Morgan fingerprint density at radius 3 is 2.16 bits per heavy atom. The smallest absolute Gasteiger partial charge is 0.409 e. The van der Waals surface area contributed by atoms with E-state index in [0.29, 0.717) is 118 Å². The van der Waals surface area contributed by atoms with Gasteiger partial charge >= 0.3 is 6.09 Å². The molecule has 79 heavy (non-hydrogen) atoms. The zero-order valence-corrected chi connectivity index (χ0v) is 46.5. The maximum Gasteiger partial charge on any atom is 0.415 e. The molecule has 1 saturated heterocycles. The second kappa shape index (κ2) is 27.7. The van der Waals surface area contributed by atoms with Gasteiger partial charge in [-0.15, -0.1) is 0 Å². The number of carbonyl (C=O) groups excluding carboxylic acids is 8. The van der Waals surface area contributed by atoms with Gasteiger partial charge in [0.1, 0.15) is 11.4 Å². The summed E-state index contributed by atoms with van der Waals surface area (Å²) in [5.41, 5.74) is 16.4. The Morgan fingerprint density at radius 2 is 1.46 bits per heavy atom. The summed E-state index contributed by atoms with van der Waals surface area (Å²) in [5, 5.41) is 9.05. The minimum Gasteiger partial charge on any atom is -0.409 e. The number of anilines is 1. The van der Waals surface area contributed by atoms with E-state index < -0.39 is 18.1 Å². The van der Waals surface area contributed by atoms with E-state index in [1.54, 1.807) is 40.1 Å². The summed E-state index contributed by atoms with van der Waals surface area (Å²) in [4.78, 5) is 116. The molecule has 1 fully saturated rings. The maximum absolute atomic E-state index is 14.5. The molecule has 4 heterocycles. The number of halogens is 1. The molecule has 3 aliphatic heterocycles. The first kappa shape index (κ1) is 58.1. The number of ether oxygens (including phenoxy) is 1. The second-order valence-corrected chi connectivity index (χ2v) is 21.6. The second-order valence-electron chi connectivity index (χ2n) is 20.9. The number of hydrogen-bond acceptors (Lipinski definition) is 12.